The lowest BCUT2D eigenvalue weighted by molar-refractivity contribution is 0.0642. The number of rotatable bonds is 5. The van der Waals surface area contributed by atoms with Crippen molar-refractivity contribution in [2.24, 2.45) is 0 Å². The maximum atomic E-state index is 13.1. The molecule has 1 aromatic heterocycles. The molecular formula is C20H28N4O. The molecule has 0 atom stereocenters. The third kappa shape index (κ3) is 3.61. The number of hydrogen-bond donors (Lipinski definition) is 0. The molecule has 0 aliphatic carbocycles. The largest absolute Gasteiger partial charge is 0.336 e. The maximum absolute atomic E-state index is 13.1. The number of benzene rings is 1. The summed E-state index contributed by atoms with van der Waals surface area (Å²) in [5.74, 6) is 0.124. The Hall–Kier alpha value is -2.14. The summed E-state index contributed by atoms with van der Waals surface area (Å²) >= 11 is 0. The SMILES string of the molecule is CCCc1c(C(=O)N2CCN(CC)CC2)cnn1-c1ccccc1C. The quantitative estimate of drug-likeness (QED) is 0.840. The van der Waals surface area contributed by atoms with Crippen molar-refractivity contribution < 1.29 is 4.79 Å². The fourth-order valence-corrected chi connectivity index (χ4v) is 3.48. The number of amides is 1. The average Bonchev–Trinajstić information content (AvgIpc) is 3.05. The second-order valence-corrected chi connectivity index (χ2v) is 6.68. The van der Waals surface area contributed by atoms with Crippen LogP contribution in [0.15, 0.2) is 30.5 Å². The van der Waals surface area contributed by atoms with Gasteiger partial charge < -0.3 is 9.80 Å². The number of nitrogens with zero attached hydrogens (tertiary/aromatic N) is 4. The molecule has 0 radical (unpaired) electrons. The summed E-state index contributed by atoms with van der Waals surface area (Å²) < 4.78 is 1.95. The van der Waals surface area contributed by atoms with E-state index in [1.807, 2.05) is 21.7 Å². The van der Waals surface area contributed by atoms with Crippen LogP contribution >= 0.6 is 0 Å². The molecule has 0 unspecified atom stereocenters. The first-order valence-corrected chi connectivity index (χ1v) is 9.30. The standard InChI is InChI=1S/C20H28N4O/c1-4-8-19-17(20(25)23-13-11-22(5-2)12-14-23)15-21-24(19)18-10-7-6-9-16(18)3/h6-7,9-10,15H,4-5,8,11-14H2,1-3H3. The van der Waals surface area contributed by atoms with Crippen LogP contribution in [0, 0.1) is 6.92 Å². The van der Waals surface area contributed by atoms with Gasteiger partial charge in [0.1, 0.15) is 0 Å². The van der Waals surface area contributed by atoms with Gasteiger partial charge in [-0.2, -0.15) is 5.10 Å². The van der Waals surface area contributed by atoms with Crippen LogP contribution in [0.25, 0.3) is 5.69 Å². The predicted molar refractivity (Wildman–Crippen MR) is 100 cm³/mol. The molecule has 3 rings (SSSR count). The van der Waals surface area contributed by atoms with Gasteiger partial charge in [-0.25, -0.2) is 4.68 Å². The first-order chi connectivity index (χ1) is 12.2. The zero-order valence-corrected chi connectivity index (χ0v) is 15.5. The summed E-state index contributed by atoms with van der Waals surface area (Å²) in [6.45, 7) is 11.0. The lowest BCUT2D eigenvalue weighted by atomic mass is 10.1. The topological polar surface area (TPSA) is 41.4 Å². The first kappa shape index (κ1) is 17.7. The Balaban J connectivity index is 1.89. The molecule has 0 N–H and O–H groups in total. The Morgan fingerprint density at radius 2 is 1.84 bits per heavy atom. The second kappa shape index (κ2) is 7.83. The van der Waals surface area contributed by atoms with Crippen molar-refractivity contribution in [2.75, 3.05) is 32.7 Å². The molecular weight excluding hydrogens is 312 g/mol. The molecule has 134 valence electrons. The van der Waals surface area contributed by atoms with E-state index in [1.54, 1.807) is 6.20 Å². The van der Waals surface area contributed by atoms with E-state index < -0.39 is 0 Å². The molecule has 1 aromatic carbocycles. The lowest BCUT2D eigenvalue weighted by Gasteiger charge is -2.34. The monoisotopic (exact) mass is 340 g/mol. The Labute approximate surface area is 150 Å². The van der Waals surface area contributed by atoms with Crippen molar-refractivity contribution in [3.8, 4) is 5.69 Å². The predicted octanol–water partition coefficient (Wildman–Crippen LogP) is 2.91. The van der Waals surface area contributed by atoms with E-state index in [4.69, 9.17) is 0 Å². The van der Waals surface area contributed by atoms with Crippen LogP contribution < -0.4 is 0 Å². The lowest BCUT2D eigenvalue weighted by Crippen LogP contribution is -2.48. The summed E-state index contributed by atoms with van der Waals surface area (Å²) in [6.07, 6.45) is 3.60. The Morgan fingerprint density at radius 3 is 2.48 bits per heavy atom. The second-order valence-electron chi connectivity index (χ2n) is 6.68. The number of carbonyl (C=O) groups excluding carboxylic acids is 1. The molecule has 0 bridgehead atoms. The Bertz CT molecular complexity index is 729. The smallest absolute Gasteiger partial charge is 0.257 e. The molecule has 2 heterocycles. The van der Waals surface area contributed by atoms with Gasteiger partial charge in [0.25, 0.3) is 5.91 Å². The van der Waals surface area contributed by atoms with Gasteiger partial charge in [0.15, 0.2) is 0 Å². The van der Waals surface area contributed by atoms with E-state index in [-0.39, 0.29) is 5.91 Å². The van der Waals surface area contributed by atoms with Crippen LogP contribution in [0.1, 0.15) is 41.9 Å². The summed E-state index contributed by atoms with van der Waals surface area (Å²) in [4.78, 5) is 17.4. The van der Waals surface area contributed by atoms with Crippen molar-refractivity contribution in [3.63, 3.8) is 0 Å². The van der Waals surface area contributed by atoms with Crippen LogP contribution in [-0.4, -0.2) is 58.2 Å². The van der Waals surface area contributed by atoms with Gasteiger partial charge in [-0.05, 0) is 31.5 Å². The van der Waals surface area contributed by atoms with Gasteiger partial charge in [-0.3, -0.25) is 4.79 Å². The zero-order valence-electron chi connectivity index (χ0n) is 15.5. The number of aromatic nitrogens is 2. The zero-order chi connectivity index (χ0) is 17.8. The number of hydrogen-bond acceptors (Lipinski definition) is 3. The molecule has 1 aliphatic rings. The summed E-state index contributed by atoms with van der Waals surface area (Å²) in [6, 6.07) is 8.19. The number of aryl methyl sites for hydroxylation is 1. The highest BCUT2D eigenvalue weighted by Gasteiger charge is 2.25. The number of piperazine rings is 1. The van der Waals surface area contributed by atoms with Crippen molar-refractivity contribution in [3.05, 3.63) is 47.3 Å². The number of para-hydroxylation sites is 1. The third-order valence-corrected chi connectivity index (χ3v) is 5.04. The van der Waals surface area contributed by atoms with Gasteiger partial charge >= 0.3 is 0 Å². The fraction of sp³-hybridized carbons (Fsp3) is 0.500. The Morgan fingerprint density at radius 1 is 1.12 bits per heavy atom. The van der Waals surface area contributed by atoms with E-state index in [1.165, 1.54) is 5.56 Å². The normalized spacial score (nSPS) is 15.6. The van der Waals surface area contributed by atoms with E-state index >= 15 is 0 Å². The van der Waals surface area contributed by atoms with E-state index in [0.717, 1.165) is 62.5 Å². The highest BCUT2D eigenvalue weighted by atomic mass is 16.2. The third-order valence-electron chi connectivity index (χ3n) is 5.04. The van der Waals surface area contributed by atoms with Crippen molar-refractivity contribution in [1.82, 2.24) is 19.6 Å². The molecule has 2 aromatic rings. The van der Waals surface area contributed by atoms with Gasteiger partial charge in [0.2, 0.25) is 0 Å². The number of likely N-dealkylation sites (N-methyl/N-ethyl adjacent to an activating group) is 1. The molecule has 1 amide bonds. The molecule has 5 nitrogen and oxygen atoms in total. The van der Waals surface area contributed by atoms with Crippen molar-refractivity contribution >= 4 is 5.91 Å². The van der Waals surface area contributed by atoms with E-state index in [0.29, 0.717) is 0 Å². The minimum Gasteiger partial charge on any atom is -0.336 e. The van der Waals surface area contributed by atoms with Gasteiger partial charge in [0, 0.05) is 26.2 Å². The molecule has 5 heteroatoms. The molecule has 0 saturated carbocycles. The van der Waals surface area contributed by atoms with E-state index in [9.17, 15) is 4.79 Å². The van der Waals surface area contributed by atoms with Crippen LogP contribution in [-0.2, 0) is 6.42 Å². The van der Waals surface area contributed by atoms with Crippen LogP contribution in [0.3, 0.4) is 0 Å². The minimum absolute atomic E-state index is 0.124. The minimum atomic E-state index is 0.124. The summed E-state index contributed by atoms with van der Waals surface area (Å²) in [5.41, 5.74) is 4.01. The summed E-state index contributed by atoms with van der Waals surface area (Å²) in [5, 5.41) is 4.57. The van der Waals surface area contributed by atoms with Crippen molar-refractivity contribution in [1.29, 1.82) is 0 Å². The fourth-order valence-electron chi connectivity index (χ4n) is 3.48. The molecule has 1 saturated heterocycles. The summed E-state index contributed by atoms with van der Waals surface area (Å²) in [7, 11) is 0. The van der Waals surface area contributed by atoms with Gasteiger partial charge in [-0.1, -0.05) is 38.5 Å². The van der Waals surface area contributed by atoms with Crippen LogP contribution in [0.4, 0.5) is 0 Å². The maximum Gasteiger partial charge on any atom is 0.257 e. The van der Waals surface area contributed by atoms with Crippen LogP contribution in [0.5, 0.6) is 0 Å². The molecule has 1 fully saturated rings. The van der Waals surface area contributed by atoms with E-state index in [2.05, 4.69) is 42.9 Å². The van der Waals surface area contributed by atoms with Gasteiger partial charge in [0.05, 0.1) is 23.1 Å². The molecule has 0 spiro atoms. The van der Waals surface area contributed by atoms with Crippen molar-refractivity contribution in [2.45, 2.75) is 33.6 Å². The average molecular weight is 340 g/mol. The molecule has 1 aliphatic heterocycles. The highest BCUT2D eigenvalue weighted by Crippen LogP contribution is 2.21. The first-order valence-electron chi connectivity index (χ1n) is 9.30. The highest BCUT2D eigenvalue weighted by molar-refractivity contribution is 5.95. The van der Waals surface area contributed by atoms with Crippen LogP contribution in [0.2, 0.25) is 0 Å². The Kier molecular flexibility index (Phi) is 5.53. The van der Waals surface area contributed by atoms with Gasteiger partial charge in [-0.15, -0.1) is 0 Å². The number of carbonyl (C=O) groups is 1. The molecule has 25 heavy (non-hydrogen) atoms.